The van der Waals surface area contributed by atoms with Gasteiger partial charge < -0.3 is 9.84 Å². The summed E-state index contributed by atoms with van der Waals surface area (Å²) in [6.45, 7) is 0. The molecule has 0 radical (unpaired) electrons. The molecule has 1 aliphatic carbocycles. The number of rotatable bonds is 3. The number of hydrogen-bond donors (Lipinski definition) is 1. The van der Waals surface area contributed by atoms with Crippen LogP contribution >= 0.6 is 11.3 Å². The van der Waals surface area contributed by atoms with Gasteiger partial charge in [-0.25, -0.2) is 4.98 Å². The van der Waals surface area contributed by atoms with Gasteiger partial charge in [-0.05, 0) is 37.8 Å². The van der Waals surface area contributed by atoms with E-state index in [0.717, 1.165) is 23.9 Å². The van der Waals surface area contributed by atoms with Crippen LogP contribution in [-0.2, 0) is 24.1 Å². The molecule has 1 amide bonds. The van der Waals surface area contributed by atoms with Crippen LogP contribution in [0.1, 0.15) is 35.5 Å². The number of benzene rings is 1. The summed E-state index contributed by atoms with van der Waals surface area (Å²) in [5.74, 6) is -0.104. The van der Waals surface area contributed by atoms with Crippen molar-refractivity contribution in [3.05, 3.63) is 40.5 Å². The summed E-state index contributed by atoms with van der Waals surface area (Å²) in [6.07, 6.45) is 5.97. The fraction of sp³-hybridized carbons (Fsp3) is 0.353. The van der Waals surface area contributed by atoms with E-state index in [1.165, 1.54) is 24.1 Å². The number of nitrogens with zero attached hydrogens (tertiary/aromatic N) is 2. The Morgan fingerprint density at radius 1 is 1.22 bits per heavy atom. The van der Waals surface area contributed by atoms with Gasteiger partial charge in [-0.3, -0.25) is 4.79 Å². The average molecular weight is 327 g/mol. The maximum Gasteiger partial charge on any atom is 0.232 e. The maximum absolute atomic E-state index is 12.3. The lowest BCUT2D eigenvalue weighted by Crippen LogP contribution is -2.14. The van der Waals surface area contributed by atoms with E-state index in [-0.39, 0.29) is 12.3 Å². The molecule has 0 saturated heterocycles. The molecule has 118 valence electrons. The summed E-state index contributed by atoms with van der Waals surface area (Å²) in [5, 5.41) is 8.50. The lowest BCUT2D eigenvalue weighted by atomic mass is 10.2. The lowest BCUT2D eigenvalue weighted by molar-refractivity contribution is -0.115. The van der Waals surface area contributed by atoms with Gasteiger partial charge in [0.15, 0.2) is 10.7 Å². The minimum Gasteiger partial charge on any atom is -0.356 e. The number of anilines is 1. The first kappa shape index (κ1) is 14.4. The molecule has 1 aliphatic rings. The Balaban J connectivity index is 1.48. The van der Waals surface area contributed by atoms with E-state index in [4.69, 9.17) is 4.52 Å². The summed E-state index contributed by atoms with van der Waals surface area (Å²) < 4.78 is 5.24. The van der Waals surface area contributed by atoms with Gasteiger partial charge in [0, 0.05) is 10.3 Å². The number of para-hydroxylation sites is 1. The van der Waals surface area contributed by atoms with Gasteiger partial charge in [0.25, 0.3) is 0 Å². The minimum absolute atomic E-state index is 0.104. The smallest absolute Gasteiger partial charge is 0.232 e. The van der Waals surface area contributed by atoms with Crippen molar-refractivity contribution in [2.24, 2.45) is 0 Å². The Labute approximate surface area is 137 Å². The van der Waals surface area contributed by atoms with Gasteiger partial charge in [-0.1, -0.05) is 23.7 Å². The van der Waals surface area contributed by atoms with Crippen LogP contribution in [0.3, 0.4) is 0 Å². The Morgan fingerprint density at radius 3 is 3.04 bits per heavy atom. The first-order valence-electron chi connectivity index (χ1n) is 7.91. The fourth-order valence-corrected chi connectivity index (χ4v) is 4.03. The number of aromatic nitrogens is 2. The fourth-order valence-electron chi connectivity index (χ4n) is 2.96. The molecule has 0 atom stereocenters. The highest BCUT2D eigenvalue weighted by molar-refractivity contribution is 7.15. The van der Waals surface area contributed by atoms with Crippen LogP contribution in [0.2, 0.25) is 0 Å². The normalized spacial score (nSPS) is 14.4. The van der Waals surface area contributed by atoms with Crippen LogP contribution in [0.25, 0.3) is 11.0 Å². The van der Waals surface area contributed by atoms with Crippen molar-refractivity contribution in [1.82, 2.24) is 10.1 Å². The highest BCUT2D eigenvalue weighted by Crippen LogP contribution is 2.29. The van der Waals surface area contributed by atoms with Gasteiger partial charge in [0.2, 0.25) is 5.91 Å². The van der Waals surface area contributed by atoms with E-state index < -0.39 is 0 Å². The number of amides is 1. The van der Waals surface area contributed by atoms with Crippen molar-refractivity contribution in [2.75, 3.05) is 5.32 Å². The van der Waals surface area contributed by atoms with E-state index in [1.54, 1.807) is 11.3 Å². The van der Waals surface area contributed by atoms with E-state index in [0.29, 0.717) is 16.4 Å². The minimum atomic E-state index is -0.104. The molecule has 0 aliphatic heterocycles. The molecule has 0 bridgehead atoms. The number of fused-ring (bicyclic) bond motifs is 2. The first-order valence-corrected chi connectivity index (χ1v) is 8.73. The zero-order valence-electron chi connectivity index (χ0n) is 12.7. The third-order valence-corrected chi connectivity index (χ3v) is 5.20. The molecule has 2 heterocycles. The Kier molecular flexibility index (Phi) is 3.83. The van der Waals surface area contributed by atoms with E-state index in [1.807, 2.05) is 24.3 Å². The second-order valence-electron chi connectivity index (χ2n) is 5.80. The largest absolute Gasteiger partial charge is 0.356 e. The van der Waals surface area contributed by atoms with Crippen molar-refractivity contribution >= 4 is 33.3 Å². The Hall–Kier alpha value is -2.21. The molecule has 23 heavy (non-hydrogen) atoms. The second kappa shape index (κ2) is 6.12. The molecule has 1 N–H and O–H groups in total. The molecule has 4 rings (SSSR count). The van der Waals surface area contributed by atoms with Gasteiger partial charge in [-0.15, -0.1) is 11.3 Å². The highest BCUT2D eigenvalue weighted by Gasteiger charge is 2.17. The molecule has 3 aromatic rings. The number of aryl methyl sites for hydroxylation is 2. The predicted octanol–water partition coefficient (Wildman–Crippen LogP) is 3.73. The molecule has 0 saturated carbocycles. The molecule has 5 nitrogen and oxygen atoms in total. The standard InChI is InChI=1S/C17H17N3O2S/c21-16(10-13-11-6-4-5-8-14(11)22-20-13)19-17-18-12-7-2-1-3-9-15(12)23-17/h4-6,8H,1-3,7,9-10H2,(H,18,19,21). The predicted molar refractivity (Wildman–Crippen MR) is 89.7 cm³/mol. The summed E-state index contributed by atoms with van der Waals surface area (Å²) in [4.78, 5) is 18.2. The monoisotopic (exact) mass is 327 g/mol. The van der Waals surface area contributed by atoms with Crippen LogP contribution < -0.4 is 5.32 Å². The SMILES string of the molecule is O=C(Cc1noc2ccccc12)Nc1nc2c(s1)CCCCC2. The molecule has 1 aromatic carbocycles. The van der Waals surface area contributed by atoms with Crippen molar-refractivity contribution in [3.8, 4) is 0 Å². The number of carbonyl (C=O) groups excluding carboxylic acids is 1. The van der Waals surface area contributed by atoms with E-state index in [9.17, 15) is 4.79 Å². The van der Waals surface area contributed by atoms with Crippen LogP contribution in [0, 0.1) is 0 Å². The van der Waals surface area contributed by atoms with E-state index in [2.05, 4.69) is 15.5 Å². The summed E-state index contributed by atoms with van der Waals surface area (Å²) in [5.41, 5.74) is 2.53. The number of hydrogen-bond acceptors (Lipinski definition) is 5. The van der Waals surface area contributed by atoms with E-state index >= 15 is 0 Å². The topological polar surface area (TPSA) is 68.0 Å². The zero-order valence-corrected chi connectivity index (χ0v) is 13.5. The summed E-state index contributed by atoms with van der Waals surface area (Å²) in [6, 6.07) is 7.57. The molecule has 0 fully saturated rings. The third kappa shape index (κ3) is 2.99. The van der Waals surface area contributed by atoms with Crippen molar-refractivity contribution in [3.63, 3.8) is 0 Å². The maximum atomic E-state index is 12.3. The zero-order chi connectivity index (χ0) is 15.6. The highest BCUT2D eigenvalue weighted by atomic mass is 32.1. The van der Waals surface area contributed by atoms with Crippen molar-refractivity contribution < 1.29 is 9.32 Å². The molecule has 0 unspecified atom stereocenters. The molecular formula is C17H17N3O2S. The lowest BCUT2D eigenvalue weighted by Gasteiger charge is -1.99. The van der Waals surface area contributed by atoms with Crippen molar-refractivity contribution in [2.45, 2.75) is 38.5 Å². The van der Waals surface area contributed by atoms with Crippen molar-refractivity contribution in [1.29, 1.82) is 0 Å². The van der Waals surface area contributed by atoms with Crippen LogP contribution in [-0.4, -0.2) is 16.0 Å². The Morgan fingerprint density at radius 2 is 2.09 bits per heavy atom. The summed E-state index contributed by atoms with van der Waals surface area (Å²) >= 11 is 1.61. The van der Waals surface area contributed by atoms with Gasteiger partial charge in [0.05, 0.1) is 12.1 Å². The van der Waals surface area contributed by atoms with Gasteiger partial charge >= 0.3 is 0 Å². The molecule has 0 spiro atoms. The van der Waals surface area contributed by atoms with Crippen LogP contribution in [0.15, 0.2) is 28.8 Å². The Bertz CT molecular complexity index is 829. The quantitative estimate of drug-likeness (QED) is 0.744. The second-order valence-corrected chi connectivity index (χ2v) is 6.88. The number of carbonyl (C=O) groups is 1. The molecule has 2 aromatic heterocycles. The number of nitrogens with one attached hydrogen (secondary N) is 1. The third-order valence-electron chi connectivity index (χ3n) is 4.12. The average Bonchev–Trinajstić information content (AvgIpc) is 3.05. The summed E-state index contributed by atoms with van der Waals surface area (Å²) in [7, 11) is 0. The molecule has 6 heteroatoms. The first-order chi connectivity index (χ1) is 11.3. The number of thiazole rings is 1. The van der Waals surface area contributed by atoms with Crippen LogP contribution in [0.4, 0.5) is 5.13 Å². The van der Waals surface area contributed by atoms with Crippen LogP contribution in [0.5, 0.6) is 0 Å². The van der Waals surface area contributed by atoms with Gasteiger partial charge in [-0.2, -0.15) is 0 Å². The molecular weight excluding hydrogens is 310 g/mol. The van der Waals surface area contributed by atoms with Gasteiger partial charge in [0.1, 0.15) is 5.69 Å².